The van der Waals surface area contributed by atoms with E-state index < -0.39 is 5.91 Å². The van der Waals surface area contributed by atoms with Crippen LogP contribution in [0.3, 0.4) is 0 Å². The first kappa shape index (κ1) is 16.4. The minimum Gasteiger partial charge on any atom is -0.441 e. The summed E-state index contributed by atoms with van der Waals surface area (Å²) in [5, 5.41) is 2.70. The Morgan fingerprint density at radius 3 is 2.48 bits per heavy atom. The molecule has 0 unspecified atom stereocenters. The molecule has 1 heterocycles. The Kier molecular flexibility index (Phi) is 4.61. The average molecular weight is 335 g/mol. The highest BCUT2D eigenvalue weighted by Crippen LogP contribution is 2.22. The van der Waals surface area contributed by atoms with E-state index in [1.54, 1.807) is 31.2 Å². The van der Waals surface area contributed by atoms with E-state index in [9.17, 15) is 9.59 Å². The molecule has 1 aromatic heterocycles. The van der Waals surface area contributed by atoms with Gasteiger partial charge in [0.05, 0.1) is 23.4 Å². The van der Waals surface area contributed by atoms with Gasteiger partial charge in [0.1, 0.15) is 5.76 Å². The van der Waals surface area contributed by atoms with Gasteiger partial charge in [-0.1, -0.05) is 30.3 Å². The summed E-state index contributed by atoms with van der Waals surface area (Å²) in [6.45, 7) is 1.76. The van der Waals surface area contributed by atoms with Crippen molar-refractivity contribution in [2.75, 3.05) is 5.32 Å². The monoisotopic (exact) mass is 335 g/mol. The number of aromatic nitrogens is 1. The minimum atomic E-state index is -0.597. The van der Waals surface area contributed by atoms with Crippen molar-refractivity contribution >= 4 is 17.5 Å². The zero-order chi connectivity index (χ0) is 17.8. The van der Waals surface area contributed by atoms with Crippen LogP contribution in [0.4, 0.5) is 5.69 Å². The molecule has 0 atom stereocenters. The smallest absolute Gasteiger partial charge is 0.250 e. The van der Waals surface area contributed by atoms with Crippen LogP contribution in [0, 0.1) is 6.92 Å². The lowest BCUT2D eigenvalue weighted by Gasteiger charge is -2.08. The van der Waals surface area contributed by atoms with Crippen LogP contribution in [0.15, 0.2) is 59.0 Å². The summed E-state index contributed by atoms with van der Waals surface area (Å²) < 4.78 is 5.65. The van der Waals surface area contributed by atoms with E-state index in [1.807, 2.05) is 30.3 Å². The third kappa shape index (κ3) is 3.74. The molecule has 3 N–H and O–H groups in total. The fraction of sp³-hybridized carbons (Fsp3) is 0.105. The van der Waals surface area contributed by atoms with E-state index in [0.29, 0.717) is 23.0 Å². The fourth-order valence-electron chi connectivity index (χ4n) is 2.45. The zero-order valence-electron chi connectivity index (χ0n) is 13.7. The lowest BCUT2D eigenvalue weighted by atomic mass is 10.1. The largest absolute Gasteiger partial charge is 0.441 e. The van der Waals surface area contributed by atoms with Gasteiger partial charge >= 0.3 is 0 Å². The highest BCUT2D eigenvalue weighted by atomic mass is 16.4. The second kappa shape index (κ2) is 7.00. The first-order valence-electron chi connectivity index (χ1n) is 7.75. The van der Waals surface area contributed by atoms with Gasteiger partial charge in [-0.25, -0.2) is 4.98 Å². The van der Waals surface area contributed by atoms with E-state index in [2.05, 4.69) is 10.3 Å². The molecule has 6 nitrogen and oxygen atoms in total. The number of nitrogens with one attached hydrogen (secondary N) is 1. The molecule has 3 aromatic rings. The molecule has 6 heteroatoms. The first-order chi connectivity index (χ1) is 12.0. The van der Waals surface area contributed by atoms with E-state index >= 15 is 0 Å². The number of carbonyl (C=O) groups is 2. The Labute approximate surface area is 144 Å². The van der Waals surface area contributed by atoms with E-state index in [4.69, 9.17) is 10.2 Å². The summed E-state index contributed by atoms with van der Waals surface area (Å²) in [5.74, 6) is 0.153. The maximum Gasteiger partial charge on any atom is 0.250 e. The summed E-state index contributed by atoms with van der Waals surface area (Å²) >= 11 is 0. The Balaban J connectivity index is 1.76. The van der Waals surface area contributed by atoms with Gasteiger partial charge in [-0.05, 0) is 31.2 Å². The quantitative estimate of drug-likeness (QED) is 0.749. The van der Waals surface area contributed by atoms with Crippen LogP contribution in [0.1, 0.15) is 21.8 Å². The number of hydrogen-bond donors (Lipinski definition) is 2. The summed E-state index contributed by atoms with van der Waals surface area (Å²) in [6, 6.07) is 16.1. The lowest BCUT2D eigenvalue weighted by molar-refractivity contribution is -0.115. The number of nitrogens with zero attached hydrogens (tertiary/aromatic N) is 1. The first-order valence-corrected chi connectivity index (χ1v) is 7.75. The number of rotatable bonds is 5. The lowest BCUT2D eigenvalue weighted by Crippen LogP contribution is -2.19. The summed E-state index contributed by atoms with van der Waals surface area (Å²) in [7, 11) is 0. The van der Waals surface area contributed by atoms with Crippen molar-refractivity contribution in [1.82, 2.24) is 4.98 Å². The van der Waals surface area contributed by atoms with Gasteiger partial charge in [-0.2, -0.15) is 0 Å². The van der Waals surface area contributed by atoms with Gasteiger partial charge in [0, 0.05) is 5.56 Å². The van der Waals surface area contributed by atoms with Crippen molar-refractivity contribution in [3.05, 3.63) is 71.6 Å². The molecular weight excluding hydrogens is 318 g/mol. The van der Waals surface area contributed by atoms with Crippen molar-refractivity contribution in [3.8, 4) is 11.5 Å². The Morgan fingerprint density at radius 1 is 1.08 bits per heavy atom. The SMILES string of the molecule is Cc1oc(-c2ccccc2)nc1CC(=O)Nc1ccccc1C(N)=O. The van der Waals surface area contributed by atoms with Crippen molar-refractivity contribution in [2.45, 2.75) is 13.3 Å². The number of nitrogens with two attached hydrogens (primary N) is 1. The van der Waals surface area contributed by atoms with Crippen LogP contribution in [-0.4, -0.2) is 16.8 Å². The molecule has 2 amide bonds. The highest BCUT2D eigenvalue weighted by Gasteiger charge is 2.16. The molecule has 126 valence electrons. The number of hydrogen-bond acceptors (Lipinski definition) is 4. The van der Waals surface area contributed by atoms with Crippen molar-refractivity contribution < 1.29 is 14.0 Å². The predicted molar refractivity (Wildman–Crippen MR) is 94.0 cm³/mol. The maximum atomic E-state index is 12.3. The van der Waals surface area contributed by atoms with E-state index in [0.717, 1.165) is 5.56 Å². The van der Waals surface area contributed by atoms with Crippen LogP contribution in [-0.2, 0) is 11.2 Å². The molecule has 0 fully saturated rings. The van der Waals surface area contributed by atoms with Gasteiger partial charge in [0.25, 0.3) is 5.91 Å². The summed E-state index contributed by atoms with van der Waals surface area (Å²) in [5.41, 5.74) is 7.35. The second-order valence-corrected chi connectivity index (χ2v) is 5.52. The van der Waals surface area contributed by atoms with Crippen LogP contribution in [0.5, 0.6) is 0 Å². The second-order valence-electron chi connectivity index (χ2n) is 5.52. The third-order valence-electron chi connectivity index (χ3n) is 3.71. The third-order valence-corrected chi connectivity index (χ3v) is 3.71. The van der Waals surface area contributed by atoms with Crippen LogP contribution in [0.25, 0.3) is 11.5 Å². The molecule has 25 heavy (non-hydrogen) atoms. The van der Waals surface area contributed by atoms with Crippen molar-refractivity contribution in [1.29, 1.82) is 0 Å². The van der Waals surface area contributed by atoms with Gasteiger partial charge in [0.15, 0.2) is 0 Å². The number of carbonyl (C=O) groups excluding carboxylic acids is 2. The number of oxazole rings is 1. The summed E-state index contributed by atoms with van der Waals surface area (Å²) in [6.07, 6.45) is 0.0370. The number of para-hydroxylation sites is 1. The predicted octanol–water partition coefficient (Wildman–Crippen LogP) is 2.93. The molecule has 0 aliphatic heterocycles. The molecule has 0 radical (unpaired) electrons. The minimum absolute atomic E-state index is 0.0370. The molecule has 0 aliphatic carbocycles. The summed E-state index contributed by atoms with van der Waals surface area (Å²) in [4.78, 5) is 28.1. The number of anilines is 1. The van der Waals surface area contributed by atoms with Gasteiger partial charge in [-0.15, -0.1) is 0 Å². The normalized spacial score (nSPS) is 10.4. The number of aryl methyl sites for hydroxylation is 1. The topological polar surface area (TPSA) is 98.2 Å². The number of benzene rings is 2. The molecule has 2 aromatic carbocycles. The molecule has 0 saturated heterocycles. The van der Waals surface area contributed by atoms with E-state index in [1.165, 1.54) is 0 Å². The Morgan fingerprint density at radius 2 is 1.76 bits per heavy atom. The molecule has 0 aliphatic rings. The van der Waals surface area contributed by atoms with Crippen LogP contribution >= 0.6 is 0 Å². The van der Waals surface area contributed by atoms with Crippen molar-refractivity contribution in [3.63, 3.8) is 0 Å². The maximum absolute atomic E-state index is 12.3. The van der Waals surface area contributed by atoms with E-state index in [-0.39, 0.29) is 17.9 Å². The number of primary amides is 1. The molecule has 0 spiro atoms. The molecule has 0 bridgehead atoms. The van der Waals surface area contributed by atoms with Crippen LogP contribution in [0.2, 0.25) is 0 Å². The molecule has 3 rings (SSSR count). The fourth-order valence-corrected chi connectivity index (χ4v) is 2.45. The highest BCUT2D eigenvalue weighted by molar-refractivity contribution is 6.03. The van der Waals surface area contributed by atoms with Gasteiger partial charge < -0.3 is 15.5 Å². The molecular formula is C19H17N3O3. The van der Waals surface area contributed by atoms with Crippen LogP contribution < -0.4 is 11.1 Å². The Hall–Kier alpha value is -3.41. The van der Waals surface area contributed by atoms with Gasteiger partial charge in [-0.3, -0.25) is 9.59 Å². The van der Waals surface area contributed by atoms with Gasteiger partial charge in [0.2, 0.25) is 11.8 Å². The molecule has 0 saturated carbocycles. The average Bonchev–Trinajstić information content (AvgIpc) is 2.96. The standard InChI is InChI=1S/C19H17N3O3/c1-12-16(22-19(25-12)13-7-3-2-4-8-13)11-17(23)21-15-10-6-5-9-14(15)18(20)24/h2-10H,11H2,1H3,(H2,20,24)(H,21,23). The Bertz CT molecular complexity index is 917. The zero-order valence-corrected chi connectivity index (χ0v) is 13.7. The number of amides is 2. The van der Waals surface area contributed by atoms with Crippen molar-refractivity contribution in [2.24, 2.45) is 5.73 Å².